The highest BCUT2D eigenvalue weighted by Crippen LogP contribution is 2.18. The number of hydrogen-bond acceptors (Lipinski definition) is 4. The van der Waals surface area contributed by atoms with E-state index in [1.807, 2.05) is 12.3 Å². The van der Waals surface area contributed by atoms with E-state index in [-0.39, 0.29) is 6.04 Å². The summed E-state index contributed by atoms with van der Waals surface area (Å²) in [5, 5.41) is 9.12. The van der Waals surface area contributed by atoms with E-state index in [9.17, 15) is 8.78 Å². The minimum Gasteiger partial charge on any atom is -0.309 e. The van der Waals surface area contributed by atoms with Gasteiger partial charge in [-0.25, -0.2) is 8.78 Å². The lowest BCUT2D eigenvalue weighted by molar-refractivity contribution is 0.501. The van der Waals surface area contributed by atoms with Crippen LogP contribution in [0.2, 0.25) is 0 Å². The Bertz CT molecular complexity index is 502. The summed E-state index contributed by atoms with van der Waals surface area (Å²) in [5.41, 5.74) is 1.56. The van der Waals surface area contributed by atoms with Gasteiger partial charge in [0.2, 0.25) is 0 Å². The summed E-state index contributed by atoms with van der Waals surface area (Å²) < 4.78 is 29.8. The van der Waals surface area contributed by atoms with Crippen LogP contribution in [0.1, 0.15) is 24.2 Å². The monoisotopic (exact) mass is 269 g/mol. The second kappa shape index (κ2) is 5.97. The maximum Gasteiger partial charge on any atom is 0.159 e. The van der Waals surface area contributed by atoms with E-state index < -0.39 is 11.6 Å². The number of likely N-dealkylation sites (N-methyl/N-ethyl adjacent to an activating group) is 1. The van der Waals surface area contributed by atoms with Crippen molar-refractivity contribution in [3.8, 4) is 0 Å². The minimum absolute atomic E-state index is 0.0291. The number of benzene rings is 1. The molecule has 2 rings (SSSR count). The zero-order chi connectivity index (χ0) is 13.0. The summed E-state index contributed by atoms with van der Waals surface area (Å²) in [6.07, 6.45) is 0.552. The normalized spacial score (nSPS) is 12.6. The molecule has 0 bridgehead atoms. The fraction of sp³-hybridized carbons (Fsp3) is 0.333. The van der Waals surface area contributed by atoms with Crippen LogP contribution < -0.4 is 5.32 Å². The standard InChI is InChI=1S/C12H13F2N3S/c1-2-15-11(12-7-18-17-16-12)6-8-3-4-9(13)10(14)5-8/h3-5,7,11,15H,2,6H2,1H3. The molecule has 6 heteroatoms. The predicted octanol–water partition coefficient (Wildman–Crippen LogP) is 2.71. The molecule has 0 saturated heterocycles. The molecule has 2 aromatic rings. The van der Waals surface area contributed by atoms with Gasteiger partial charge in [0.1, 0.15) is 0 Å². The van der Waals surface area contributed by atoms with Crippen LogP contribution in [-0.2, 0) is 6.42 Å². The van der Waals surface area contributed by atoms with Crippen molar-refractivity contribution >= 4 is 11.5 Å². The summed E-state index contributed by atoms with van der Waals surface area (Å²) in [5.74, 6) is -1.65. The van der Waals surface area contributed by atoms with Gasteiger partial charge in [0.15, 0.2) is 11.6 Å². The average Bonchev–Trinajstić information content (AvgIpc) is 2.87. The first kappa shape index (κ1) is 13.0. The van der Waals surface area contributed by atoms with Crippen molar-refractivity contribution in [1.82, 2.24) is 14.9 Å². The van der Waals surface area contributed by atoms with Crippen molar-refractivity contribution in [3.05, 3.63) is 46.5 Å². The molecule has 1 aromatic heterocycles. The number of nitrogens with one attached hydrogen (secondary N) is 1. The molecular weight excluding hydrogens is 256 g/mol. The number of aromatic nitrogens is 2. The summed E-state index contributed by atoms with van der Waals surface area (Å²) in [6.45, 7) is 2.75. The Balaban J connectivity index is 2.16. The summed E-state index contributed by atoms with van der Waals surface area (Å²) in [4.78, 5) is 0. The minimum atomic E-state index is -0.825. The van der Waals surface area contributed by atoms with Gasteiger partial charge in [-0.15, -0.1) is 5.10 Å². The van der Waals surface area contributed by atoms with Crippen LogP contribution in [0.25, 0.3) is 0 Å². The molecule has 0 fully saturated rings. The molecular formula is C12H13F2N3S. The van der Waals surface area contributed by atoms with Crippen molar-refractivity contribution in [2.24, 2.45) is 0 Å². The van der Waals surface area contributed by atoms with Gasteiger partial charge in [-0.3, -0.25) is 0 Å². The number of halogens is 2. The van der Waals surface area contributed by atoms with Gasteiger partial charge < -0.3 is 5.32 Å². The molecule has 0 radical (unpaired) electrons. The van der Waals surface area contributed by atoms with Crippen LogP contribution >= 0.6 is 11.5 Å². The maximum atomic E-state index is 13.1. The third-order valence-electron chi connectivity index (χ3n) is 2.61. The smallest absolute Gasteiger partial charge is 0.159 e. The van der Waals surface area contributed by atoms with Crippen LogP contribution in [0, 0.1) is 11.6 Å². The highest BCUT2D eigenvalue weighted by Gasteiger charge is 2.14. The van der Waals surface area contributed by atoms with E-state index in [1.165, 1.54) is 17.6 Å². The van der Waals surface area contributed by atoms with E-state index in [0.29, 0.717) is 6.42 Å². The third kappa shape index (κ3) is 3.08. The first-order chi connectivity index (χ1) is 8.70. The number of rotatable bonds is 5. The third-order valence-corrected chi connectivity index (χ3v) is 3.13. The summed E-state index contributed by atoms with van der Waals surface area (Å²) in [7, 11) is 0. The zero-order valence-corrected chi connectivity index (χ0v) is 10.7. The Morgan fingerprint density at radius 1 is 1.33 bits per heavy atom. The first-order valence-electron chi connectivity index (χ1n) is 5.65. The molecule has 96 valence electrons. The Morgan fingerprint density at radius 2 is 2.17 bits per heavy atom. The summed E-state index contributed by atoms with van der Waals surface area (Å²) >= 11 is 1.27. The lowest BCUT2D eigenvalue weighted by Crippen LogP contribution is -2.23. The van der Waals surface area contributed by atoms with E-state index in [1.54, 1.807) is 6.07 Å². The zero-order valence-electron chi connectivity index (χ0n) is 9.86. The molecule has 0 spiro atoms. The second-order valence-corrected chi connectivity index (χ2v) is 4.50. The molecule has 1 unspecified atom stereocenters. The number of nitrogens with zero attached hydrogens (tertiary/aromatic N) is 2. The Labute approximate surface area is 108 Å². The topological polar surface area (TPSA) is 37.8 Å². The van der Waals surface area contributed by atoms with Crippen LogP contribution in [0.3, 0.4) is 0 Å². The van der Waals surface area contributed by atoms with Crippen molar-refractivity contribution in [1.29, 1.82) is 0 Å². The first-order valence-corrected chi connectivity index (χ1v) is 6.48. The van der Waals surface area contributed by atoms with Crippen LogP contribution in [0.15, 0.2) is 23.6 Å². The van der Waals surface area contributed by atoms with Crippen molar-refractivity contribution in [2.75, 3.05) is 6.54 Å². The molecule has 0 aliphatic rings. The fourth-order valence-electron chi connectivity index (χ4n) is 1.75. The van der Waals surface area contributed by atoms with Crippen LogP contribution in [0.5, 0.6) is 0 Å². The predicted molar refractivity (Wildman–Crippen MR) is 66.4 cm³/mol. The molecule has 1 heterocycles. The van der Waals surface area contributed by atoms with Crippen molar-refractivity contribution in [2.45, 2.75) is 19.4 Å². The lowest BCUT2D eigenvalue weighted by atomic mass is 10.0. The largest absolute Gasteiger partial charge is 0.309 e. The highest BCUT2D eigenvalue weighted by molar-refractivity contribution is 7.03. The molecule has 0 aliphatic carbocycles. The molecule has 1 aromatic carbocycles. The Kier molecular flexibility index (Phi) is 4.33. The molecule has 18 heavy (non-hydrogen) atoms. The van der Waals surface area contributed by atoms with Gasteiger partial charge in [0.25, 0.3) is 0 Å². The SMILES string of the molecule is CCNC(Cc1ccc(F)c(F)c1)c1csnn1. The van der Waals surface area contributed by atoms with Crippen molar-refractivity contribution in [3.63, 3.8) is 0 Å². The fourth-order valence-corrected chi connectivity index (χ4v) is 2.26. The van der Waals surface area contributed by atoms with Gasteiger partial charge in [0, 0.05) is 5.38 Å². The second-order valence-electron chi connectivity index (χ2n) is 3.89. The Morgan fingerprint density at radius 3 is 2.78 bits per heavy atom. The van der Waals surface area contributed by atoms with Gasteiger partial charge in [-0.05, 0) is 42.2 Å². The van der Waals surface area contributed by atoms with Gasteiger partial charge in [-0.2, -0.15) is 0 Å². The average molecular weight is 269 g/mol. The molecule has 3 nitrogen and oxygen atoms in total. The molecule has 0 aliphatic heterocycles. The Hall–Kier alpha value is -1.40. The molecule has 0 amide bonds. The summed E-state index contributed by atoms with van der Waals surface area (Å²) in [6, 6.07) is 3.92. The van der Waals surface area contributed by atoms with E-state index in [2.05, 4.69) is 14.9 Å². The lowest BCUT2D eigenvalue weighted by Gasteiger charge is -2.15. The van der Waals surface area contributed by atoms with Gasteiger partial charge in [0.05, 0.1) is 11.7 Å². The molecule has 1 atom stereocenters. The molecule has 0 saturated carbocycles. The van der Waals surface area contributed by atoms with E-state index in [0.717, 1.165) is 23.9 Å². The molecule has 1 N–H and O–H groups in total. The maximum absolute atomic E-state index is 13.1. The van der Waals surface area contributed by atoms with E-state index in [4.69, 9.17) is 0 Å². The van der Waals surface area contributed by atoms with Gasteiger partial charge >= 0.3 is 0 Å². The van der Waals surface area contributed by atoms with E-state index >= 15 is 0 Å². The quantitative estimate of drug-likeness (QED) is 0.907. The van der Waals surface area contributed by atoms with Crippen molar-refractivity contribution < 1.29 is 8.78 Å². The van der Waals surface area contributed by atoms with Crippen LogP contribution in [0.4, 0.5) is 8.78 Å². The highest BCUT2D eigenvalue weighted by atomic mass is 32.1. The van der Waals surface area contributed by atoms with Crippen LogP contribution in [-0.4, -0.2) is 16.1 Å². The number of hydrogen-bond donors (Lipinski definition) is 1. The van der Waals surface area contributed by atoms with Gasteiger partial charge in [-0.1, -0.05) is 17.5 Å².